The van der Waals surface area contributed by atoms with Gasteiger partial charge in [0.15, 0.2) is 0 Å². The third-order valence-electron chi connectivity index (χ3n) is 3.29. The van der Waals surface area contributed by atoms with E-state index in [4.69, 9.17) is 0 Å². The maximum atomic E-state index is 11.9. The zero-order chi connectivity index (χ0) is 15.2. The summed E-state index contributed by atoms with van der Waals surface area (Å²) in [4.78, 5) is 15.8. The van der Waals surface area contributed by atoms with Crippen molar-refractivity contribution in [2.75, 3.05) is 6.54 Å². The van der Waals surface area contributed by atoms with E-state index in [1.54, 1.807) is 24.5 Å². The summed E-state index contributed by atoms with van der Waals surface area (Å²) in [6.07, 6.45) is 7.01. The number of pyridine rings is 1. The van der Waals surface area contributed by atoms with Crippen molar-refractivity contribution in [2.45, 2.75) is 6.54 Å². The van der Waals surface area contributed by atoms with Gasteiger partial charge in [-0.1, -0.05) is 30.3 Å². The number of nitrogens with one attached hydrogen (secondary N) is 1. The highest BCUT2D eigenvalue weighted by molar-refractivity contribution is 5.93. The van der Waals surface area contributed by atoms with Crippen molar-refractivity contribution in [1.82, 2.24) is 20.1 Å². The molecule has 2 aromatic heterocycles. The summed E-state index contributed by atoms with van der Waals surface area (Å²) in [5.41, 5.74) is 2.76. The molecule has 0 saturated heterocycles. The van der Waals surface area contributed by atoms with E-state index in [1.807, 2.05) is 47.4 Å². The van der Waals surface area contributed by atoms with Gasteiger partial charge in [0.1, 0.15) is 0 Å². The summed E-state index contributed by atoms with van der Waals surface area (Å²) in [5, 5.41) is 7.17. The molecule has 1 aromatic carbocycles. The van der Waals surface area contributed by atoms with E-state index in [-0.39, 0.29) is 5.91 Å². The van der Waals surface area contributed by atoms with Gasteiger partial charge in [-0.2, -0.15) is 5.10 Å². The van der Waals surface area contributed by atoms with Gasteiger partial charge >= 0.3 is 0 Å². The maximum Gasteiger partial charge on any atom is 0.252 e. The highest BCUT2D eigenvalue weighted by atomic mass is 16.1. The lowest BCUT2D eigenvalue weighted by Gasteiger charge is -2.05. The molecule has 1 amide bonds. The standard InChI is InChI=1S/C17H16N4O/c22-17(15-7-4-8-18-11-15)19-9-10-21-13-16(12-20-21)14-5-2-1-3-6-14/h1-8,11-13H,9-10H2,(H,19,22). The van der Waals surface area contributed by atoms with Crippen LogP contribution < -0.4 is 5.32 Å². The summed E-state index contributed by atoms with van der Waals surface area (Å²) < 4.78 is 1.83. The minimum absolute atomic E-state index is 0.122. The second-order valence-corrected chi connectivity index (χ2v) is 4.86. The number of benzene rings is 1. The van der Waals surface area contributed by atoms with Gasteiger partial charge in [0.05, 0.1) is 18.3 Å². The predicted molar refractivity (Wildman–Crippen MR) is 84.2 cm³/mol. The summed E-state index contributed by atoms with van der Waals surface area (Å²) in [5.74, 6) is -0.122. The normalized spacial score (nSPS) is 10.4. The van der Waals surface area contributed by atoms with Gasteiger partial charge in [-0.15, -0.1) is 0 Å². The number of amides is 1. The molecule has 0 aliphatic heterocycles. The highest BCUT2D eigenvalue weighted by Gasteiger charge is 2.05. The monoisotopic (exact) mass is 292 g/mol. The SMILES string of the molecule is O=C(NCCn1cc(-c2ccccc2)cn1)c1cccnc1. The molecule has 0 saturated carbocycles. The molecule has 0 spiro atoms. The quantitative estimate of drug-likeness (QED) is 0.785. The van der Waals surface area contributed by atoms with Crippen LogP contribution in [0.3, 0.4) is 0 Å². The first-order valence-electron chi connectivity index (χ1n) is 7.09. The summed E-state index contributed by atoms with van der Waals surface area (Å²) in [7, 11) is 0. The zero-order valence-corrected chi connectivity index (χ0v) is 12.0. The molecule has 2 heterocycles. The van der Waals surface area contributed by atoms with Gasteiger partial charge in [-0.25, -0.2) is 0 Å². The molecule has 5 nitrogen and oxygen atoms in total. The smallest absolute Gasteiger partial charge is 0.252 e. The Morgan fingerprint density at radius 2 is 1.91 bits per heavy atom. The molecular formula is C17H16N4O. The molecule has 3 aromatic rings. The summed E-state index contributed by atoms with van der Waals surface area (Å²) in [6.45, 7) is 1.14. The first kappa shape index (κ1) is 14.0. The number of hydrogen-bond donors (Lipinski definition) is 1. The van der Waals surface area contributed by atoms with Crippen LogP contribution in [0.25, 0.3) is 11.1 Å². The fourth-order valence-corrected chi connectivity index (χ4v) is 2.15. The first-order chi connectivity index (χ1) is 10.8. The van der Waals surface area contributed by atoms with E-state index in [2.05, 4.69) is 15.4 Å². The van der Waals surface area contributed by atoms with Crippen molar-refractivity contribution in [3.63, 3.8) is 0 Å². The minimum Gasteiger partial charge on any atom is -0.350 e. The summed E-state index contributed by atoms with van der Waals surface area (Å²) in [6, 6.07) is 13.6. The lowest BCUT2D eigenvalue weighted by atomic mass is 10.1. The molecule has 0 unspecified atom stereocenters. The van der Waals surface area contributed by atoms with Crippen molar-refractivity contribution in [1.29, 1.82) is 0 Å². The van der Waals surface area contributed by atoms with E-state index in [0.29, 0.717) is 18.7 Å². The second-order valence-electron chi connectivity index (χ2n) is 4.86. The Balaban J connectivity index is 1.55. The Morgan fingerprint density at radius 1 is 1.05 bits per heavy atom. The van der Waals surface area contributed by atoms with Crippen LogP contribution in [0.15, 0.2) is 67.3 Å². The van der Waals surface area contributed by atoms with E-state index in [0.717, 1.165) is 11.1 Å². The molecular weight excluding hydrogens is 276 g/mol. The number of carbonyl (C=O) groups excluding carboxylic acids is 1. The number of hydrogen-bond acceptors (Lipinski definition) is 3. The molecule has 0 fully saturated rings. The number of nitrogens with zero attached hydrogens (tertiary/aromatic N) is 3. The maximum absolute atomic E-state index is 11.9. The topological polar surface area (TPSA) is 59.8 Å². The zero-order valence-electron chi connectivity index (χ0n) is 12.0. The van der Waals surface area contributed by atoms with Gasteiger partial charge < -0.3 is 5.32 Å². The number of aromatic nitrogens is 3. The number of carbonyl (C=O) groups is 1. The lowest BCUT2D eigenvalue weighted by molar-refractivity contribution is 0.0951. The molecule has 0 bridgehead atoms. The van der Waals surface area contributed by atoms with Crippen molar-refractivity contribution in [3.05, 3.63) is 72.8 Å². The van der Waals surface area contributed by atoms with E-state index in [1.165, 1.54) is 0 Å². The van der Waals surface area contributed by atoms with Gasteiger partial charge in [0.25, 0.3) is 5.91 Å². The van der Waals surface area contributed by atoms with E-state index >= 15 is 0 Å². The average molecular weight is 292 g/mol. The molecule has 110 valence electrons. The van der Waals surface area contributed by atoms with Crippen LogP contribution in [-0.4, -0.2) is 27.2 Å². The third-order valence-corrected chi connectivity index (χ3v) is 3.29. The molecule has 0 aliphatic rings. The molecule has 3 rings (SSSR count). The molecule has 0 aliphatic carbocycles. The fourth-order valence-electron chi connectivity index (χ4n) is 2.15. The van der Waals surface area contributed by atoms with Crippen LogP contribution in [0.2, 0.25) is 0 Å². The Hall–Kier alpha value is -2.95. The minimum atomic E-state index is -0.122. The summed E-state index contributed by atoms with van der Waals surface area (Å²) >= 11 is 0. The van der Waals surface area contributed by atoms with Gasteiger partial charge in [-0.05, 0) is 17.7 Å². The lowest BCUT2D eigenvalue weighted by Crippen LogP contribution is -2.27. The van der Waals surface area contributed by atoms with Crippen LogP contribution in [-0.2, 0) is 6.54 Å². The van der Waals surface area contributed by atoms with Crippen molar-refractivity contribution in [3.8, 4) is 11.1 Å². The Labute approximate surface area is 128 Å². The van der Waals surface area contributed by atoms with Crippen molar-refractivity contribution < 1.29 is 4.79 Å². The Morgan fingerprint density at radius 3 is 2.68 bits per heavy atom. The largest absolute Gasteiger partial charge is 0.350 e. The van der Waals surface area contributed by atoms with Crippen LogP contribution >= 0.6 is 0 Å². The fraction of sp³-hybridized carbons (Fsp3) is 0.118. The van der Waals surface area contributed by atoms with Gasteiger partial charge in [0.2, 0.25) is 0 Å². The van der Waals surface area contributed by atoms with Gasteiger partial charge in [0, 0.05) is 30.7 Å². The van der Waals surface area contributed by atoms with Crippen molar-refractivity contribution in [2.24, 2.45) is 0 Å². The average Bonchev–Trinajstić information content (AvgIpc) is 3.05. The highest BCUT2D eigenvalue weighted by Crippen LogP contribution is 2.17. The molecule has 22 heavy (non-hydrogen) atoms. The Kier molecular flexibility index (Phi) is 4.25. The molecule has 1 N–H and O–H groups in total. The molecule has 0 atom stereocenters. The van der Waals surface area contributed by atoms with Crippen LogP contribution in [0, 0.1) is 0 Å². The van der Waals surface area contributed by atoms with Gasteiger partial charge in [-0.3, -0.25) is 14.5 Å². The predicted octanol–water partition coefficient (Wildman–Crippen LogP) is 2.38. The Bertz CT molecular complexity index is 738. The molecule has 5 heteroatoms. The van der Waals surface area contributed by atoms with Crippen LogP contribution in [0.5, 0.6) is 0 Å². The van der Waals surface area contributed by atoms with Crippen molar-refractivity contribution >= 4 is 5.91 Å². The molecule has 0 radical (unpaired) electrons. The number of rotatable bonds is 5. The van der Waals surface area contributed by atoms with E-state index in [9.17, 15) is 4.79 Å². The van der Waals surface area contributed by atoms with Crippen LogP contribution in [0.4, 0.5) is 0 Å². The third kappa shape index (κ3) is 3.38. The first-order valence-corrected chi connectivity index (χ1v) is 7.09. The van der Waals surface area contributed by atoms with E-state index < -0.39 is 0 Å². The second kappa shape index (κ2) is 6.67. The van der Waals surface area contributed by atoms with Crippen LogP contribution in [0.1, 0.15) is 10.4 Å².